The average Bonchev–Trinajstić information content (AvgIpc) is 2.92. The predicted octanol–water partition coefficient (Wildman–Crippen LogP) is 3.39. The van der Waals surface area contributed by atoms with Crippen LogP contribution in [0.25, 0.3) is 0 Å². The molecule has 0 heterocycles. The number of guanidine groups is 1. The van der Waals surface area contributed by atoms with Crippen molar-refractivity contribution in [1.82, 2.24) is 10.6 Å². The normalized spacial score (nSPS) is 21.8. The summed E-state index contributed by atoms with van der Waals surface area (Å²) in [7, 11) is 1.75. The Kier molecular flexibility index (Phi) is 8.39. The van der Waals surface area contributed by atoms with Crippen LogP contribution in [0.3, 0.4) is 0 Å². The molecule has 0 spiro atoms. The fraction of sp³-hybridized carbons (Fsp3) is 0.533. The van der Waals surface area contributed by atoms with Crippen LogP contribution in [0, 0.1) is 5.82 Å². The Hall–Kier alpha value is -0.500. The van der Waals surface area contributed by atoms with E-state index in [1.54, 1.807) is 19.2 Å². The first-order chi connectivity index (χ1) is 9.72. The van der Waals surface area contributed by atoms with Gasteiger partial charge in [0.2, 0.25) is 0 Å². The molecule has 118 valence electrons. The second kappa shape index (κ2) is 9.50. The molecule has 0 amide bonds. The third-order valence-electron chi connectivity index (χ3n) is 3.69. The molecule has 3 nitrogen and oxygen atoms in total. The Bertz CT molecular complexity index is 470. The van der Waals surface area contributed by atoms with Gasteiger partial charge in [-0.25, -0.2) is 4.39 Å². The van der Waals surface area contributed by atoms with E-state index in [0.29, 0.717) is 18.2 Å². The van der Waals surface area contributed by atoms with E-state index in [1.807, 2.05) is 17.8 Å². The molecule has 1 aromatic rings. The van der Waals surface area contributed by atoms with E-state index >= 15 is 0 Å². The Morgan fingerprint density at radius 2 is 2.14 bits per heavy atom. The van der Waals surface area contributed by atoms with Crippen molar-refractivity contribution < 1.29 is 4.39 Å². The van der Waals surface area contributed by atoms with Gasteiger partial charge in [0.25, 0.3) is 0 Å². The lowest BCUT2D eigenvalue weighted by Crippen LogP contribution is -2.42. The van der Waals surface area contributed by atoms with Crippen molar-refractivity contribution in [1.29, 1.82) is 0 Å². The second-order valence-corrected chi connectivity index (χ2v) is 6.17. The van der Waals surface area contributed by atoms with Gasteiger partial charge in [-0.1, -0.05) is 18.2 Å². The predicted molar refractivity (Wildman–Crippen MR) is 100 cm³/mol. The lowest BCUT2D eigenvalue weighted by atomic mass is 10.2. The van der Waals surface area contributed by atoms with E-state index in [9.17, 15) is 4.39 Å². The first-order valence-electron chi connectivity index (χ1n) is 6.96. The molecular formula is C15H23FIN3S. The highest BCUT2D eigenvalue weighted by Crippen LogP contribution is 2.27. The lowest BCUT2D eigenvalue weighted by Gasteiger charge is -2.17. The minimum Gasteiger partial charge on any atom is -0.354 e. The fourth-order valence-corrected chi connectivity index (χ4v) is 3.29. The summed E-state index contributed by atoms with van der Waals surface area (Å²) >= 11 is 1.93. The number of aliphatic imine (C=N–C) groups is 1. The first-order valence-corrected chi connectivity index (χ1v) is 8.25. The summed E-state index contributed by atoms with van der Waals surface area (Å²) in [5.41, 5.74) is 0.656. The standard InChI is InChI=1S/C15H22FN3S.HI/c1-17-15(19-12-7-8-13(9-12)20-2)18-10-11-5-3-4-6-14(11)16;/h3-6,12-13H,7-10H2,1-2H3,(H2,17,18,19);1H. The largest absolute Gasteiger partial charge is 0.354 e. The highest BCUT2D eigenvalue weighted by Gasteiger charge is 2.24. The van der Waals surface area contributed by atoms with Crippen molar-refractivity contribution in [3.05, 3.63) is 35.6 Å². The summed E-state index contributed by atoms with van der Waals surface area (Å²) in [5, 5.41) is 7.35. The van der Waals surface area contributed by atoms with E-state index in [4.69, 9.17) is 0 Å². The molecule has 1 aliphatic rings. The van der Waals surface area contributed by atoms with Gasteiger partial charge >= 0.3 is 0 Å². The maximum absolute atomic E-state index is 13.5. The topological polar surface area (TPSA) is 36.4 Å². The number of halogens is 2. The molecule has 6 heteroatoms. The van der Waals surface area contributed by atoms with Gasteiger partial charge in [-0.2, -0.15) is 11.8 Å². The van der Waals surface area contributed by atoms with Gasteiger partial charge in [0, 0.05) is 30.4 Å². The molecule has 2 unspecified atom stereocenters. The number of nitrogens with zero attached hydrogens (tertiary/aromatic N) is 1. The third-order valence-corrected chi connectivity index (χ3v) is 4.78. The number of thioether (sulfide) groups is 1. The van der Waals surface area contributed by atoms with Crippen molar-refractivity contribution in [2.45, 2.75) is 37.1 Å². The van der Waals surface area contributed by atoms with Crippen LogP contribution >= 0.6 is 35.7 Å². The average molecular weight is 423 g/mol. The summed E-state index contributed by atoms with van der Waals surface area (Å²) in [6.45, 7) is 0.449. The van der Waals surface area contributed by atoms with E-state index in [2.05, 4.69) is 21.9 Å². The summed E-state index contributed by atoms with van der Waals surface area (Å²) < 4.78 is 13.5. The zero-order valence-electron chi connectivity index (χ0n) is 12.4. The van der Waals surface area contributed by atoms with Gasteiger partial charge in [-0.15, -0.1) is 24.0 Å². The molecule has 0 aromatic heterocycles. The summed E-state index contributed by atoms with van der Waals surface area (Å²) in [6, 6.07) is 7.28. The molecule has 0 saturated heterocycles. The number of hydrogen-bond acceptors (Lipinski definition) is 2. The van der Waals surface area contributed by atoms with E-state index in [1.165, 1.54) is 25.3 Å². The van der Waals surface area contributed by atoms with Crippen LogP contribution in [0.4, 0.5) is 4.39 Å². The van der Waals surface area contributed by atoms with Crippen LogP contribution in [0.15, 0.2) is 29.3 Å². The zero-order chi connectivity index (χ0) is 14.4. The van der Waals surface area contributed by atoms with Crippen LogP contribution in [0.2, 0.25) is 0 Å². The van der Waals surface area contributed by atoms with Gasteiger partial charge in [0.05, 0.1) is 0 Å². The number of nitrogens with one attached hydrogen (secondary N) is 2. The SMILES string of the molecule is CN=C(NCc1ccccc1F)NC1CCC(SC)C1.I. The van der Waals surface area contributed by atoms with Crippen molar-refractivity contribution in [2.75, 3.05) is 13.3 Å². The van der Waals surface area contributed by atoms with E-state index in [0.717, 1.165) is 11.2 Å². The Morgan fingerprint density at radius 3 is 2.76 bits per heavy atom. The van der Waals surface area contributed by atoms with E-state index in [-0.39, 0.29) is 29.8 Å². The molecule has 21 heavy (non-hydrogen) atoms. The van der Waals surface area contributed by atoms with Gasteiger partial charge in [0.15, 0.2) is 5.96 Å². The van der Waals surface area contributed by atoms with Crippen LogP contribution in [0.1, 0.15) is 24.8 Å². The van der Waals surface area contributed by atoms with Crippen molar-refractivity contribution in [3.8, 4) is 0 Å². The molecule has 1 fully saturated rings. The van der Waals surface area contributed by atoms with Crippen LogP contribution in [0.5, 0.6) is 0 Å². The Labute approximate surface area is 147 Å². The smallest absolute Gasteiger partial charge is 0.191 e. The van der Waals surface area contributed by atoms with Crippen molar-refractivity contribution >= 4 is 41.7 Å². The molecular weight excluding hydrogens is 400 g/mol. The third kappa shape index (κ3) is 5.65. The van der Waals surface area contributed by atoms with Crippen LogP contribution in [-0.2, 0) is 6.54 Å². The maximum Gasteiger partial charge on any atom is 0.191 e. The van der Waals surface area contributed by atoms with Crippen molar-refractivity contribution in [2.24, 2.45) is 4.99 Å². The molecule has 1 saturated carbocycles. The molecule has 2 N–H and O–H groups in total. The quantitative estimate of drug-likeness (QED) is 0.443. The molecule has 2 atom stereocenters. The Balaban J connectivity index is 0.00000220. The van der Waals surface area contributed by atoms with Gasteiger partial charge in [-0.05, 0) is 31.6 Å². The first kappa shape index (κ1) is 18.5. The minimum absolute atomic E-state index is 0. The van der Waals surface area contributed by atoms with Gasteiger partial charge in [-0.3, -0.25) is 4.99 Å². The lowest BCUT2D eigenvalue weighted by molar-refractivity contribution is 0.595. The van der Waals surface area contributed by atoms with Gasteiger partial charge in [0.1, 0.15) is 5.82 Å². The summed E-state index contributed by atoms with van der Waals surface area (Å²) in [4.78, 5) is 4.21. The number of benzene rings is 1. The molecule has 1 aromatic carbocycles. The summed E-state index contributed by atoms with van der Waals surface area (Å²) in [5.74, 6) is 0.568. The summed E-state index contributed by atoms with van der Waals surface area (Å²) in [6.07, 6.45) is 5.76. The molecule has 0 aliphatic heterocycles. The number of hydrogen-bond donors (Lipinski definition) is 2. The Morgan fingerprint density at radius 1 is 1.38 bits per heavy atom. The molecule has 2 rings (SSSR count). The molecule has 1 aliphatic carbocycles. The van der Waals surface area contributed by atoms with Gasteiger partial charge < -0.3 is 10.6 Å². The molecule has 0 radical (unpaired) electrons. The maximum atomic E-state index is 13.5. The number of rotatable bonds is 4. The highest BCUT2D eigenvalue weighted by atomic mass is 127. The van der Waals surface area contributed by atoms with Crippen LogP contribution < -0.4 is 10.6 Å². The highest BCUT2D eigenvalue weighted by molar-refractivity contribution is 14.0. The van der Waals surface area contributed by atoms with Crippen molar-refractivity contribution in [3.63, 3.8) is 0 Å². The van der Waals surface area contributed by atoms with E-state index < -0.39 is 0 Å². The minimum atomic E-state index is -0.182. The molecule has 0 bridgehead atoms. The monoisotopic (exact) mass is 423 g/mol. The van der Waals surface area contributed by atoms with Crippen LogP contribution in [-0.4, -0.2) is 30.6 Å². The second-order valence-electron chi connectivity index (χ2n) is 5.03. The fourth-order valence-electron chi connectivity index (χ4n) is 2.49. The zero-order valence-corrected chi connectivity index (χ0v) is 15.6.